The van der Waals surface area contributed by atoms with Crippen molar-refractivity contribution in [1.82, 2.24) is 39.9 Å². The van der Waals surface area contributed by atoms with E-state index in [2.05, 4.69) is 456 Å². The monoisotopic (exact) mass is 1910 g/mol. The molecule has 0 atom stereocenters. The van der Waals surface area contributed by atoms with E-state index in [0.717, 1.165) is 198 Å². The molecule has 0 aliphatic carbocycles. The molecule has 0 amide bonds. The van der Waals surface area contributed by atoms with Gasteiger partial charge in [0.1, 0.15) is 0 Å². The van der Waals surface area contributed by atoms with Gasteiger partial charge in [-0.05, 0) is 252 Å². The number of hydrogen-bond acceptors (Lipinski definition) is 12. The van der Waals surface area contributed by atoms with E-state index in [4.69, 9.17) is 34.9 Å². The highest BCUT2D eigenvalue weighted by Gasteiger charge is 2.24. The molecule has 12 heteroatoms. The number of nitrogens with zero attached hydrogens (tertiary/aromatic N) is 12. The molecule has 0 saturated heterocycles. The molecular weight excluding hydrogens is 1810 g/mol. The Morgan fingerprint density at radius 2 is 0.376 bits per heavy atom. The average molecular weight is 1920 g/mol. The van der Waals surface area contributed by atoms with Crippen molar-refractivity contribution in [1.29, 1.82) is 0 Å². The number of para-hydroxylation sites is 14. The van der Waals surface area contributed by atoms with Crippen LogP contribution in [0.25, 0.3) is 145 Å². The van der Waals surface area contributed by atoms with Crippen molar-refractivity contribution in [2.75, 3.05) is 19.6 Å². The Bertz CT molecular complexity index is 8560. The molecule has 4 heterocycles. The molecule has 0 radical (unpaired) electrons. The molecule has 25 aromatic rings. The third-order valence-corrected chi connectivity index (χ3v) is 26.4. The van der Waals surface area contributed by atoms with Gasteiger partial charge in [-0.25, -0.2) is 34.9 Å². The topological polar surface area (TPSA) is 116 Å². The lowest BCUT2D eigenvalue weighted by atomic mass is 9.92. The number of aryl methyl sites for hydroxylation is 2. The van der Waals surface area contributed by atoms with Crippen molar-refractivity contribution in [2.45, 2.75) is 20.3 Å². The summed E-state index contributed by atoms with van der Waals surface area (Å²) in [5.74, 6) is 0. The van der Waals surface area contributed by atoms with Crippen LogP contribution in [0.5, 0.6) is 0 Å². The first-order valence-electron chi connectivity index (χ1n) is 50.2. The Hall–Kier alpha value is -19.8. The zero-order valence-electron chi connectivity index (χ0n) is 82.3. The maximum atomic E-state index is 5.20. The first-order chi connectivity index (χ1) is 73.8. The highest BCUT2D eigenvalue weighted by molar-refractivity contribution is 5.95. The van der Waals surface area contributed by atoms with E-state index in [9.17, 15) is 0 Å². The fraction of sp³-hybridized carbons (Fsp3) is 0.0219. The lowest BCUT2D eigenvalue weighted by Gasteiger charge is -2.28. The van der Waals surface area contributed by atoms with Crippen molar-refractivity contribution in [3.63, 3.8) is 0 Å². The van der Waals surface area contributed by atoms with Crippen molar-refractivity contribution in [3.05, 3.63) is 582 Å². The number of benzene rings is 21. The summed E-state index contributed by atoms with van der Waals surface area (Å²) < 4.78 is 0. The molecule has 0 spiro atoms. The fourth-order valence-corrected chi connectivity index (χ4v) is 19.1. The van der Waals surface area contributed by atoms with Gasteiger partial charge in [0, 0.05) is 96.1 Å². The van der Waals surface area contributed by atoms with Gasteiger partial charge in [0.2, 0.25) is 0 Å². The molecule has 21 aromatic carbocycles. The van der Waals surface area contributed by atoms with Crippen molar-refractivity contribution in [2.24, 2.45) is 0 Å². The van der Waals surface area contributed by atoms with Crippen LogP contribution < -0.4 is 19.6 Å². The molecule has 0 N–H and O–H groups in total. The predicted octanol–water partition coefficient (Wildman–Crippen LogP) is 36.3. The van der Waals surface area contributed by atoms with Crippen LogP contribution in [0.3, 0.4) is 0 Å². The third-order valence-electron chi connectivity index (χ3n) is 26.4. The summed E-state index contributed by atoms with van der Waals surface area (Å²) >= 11 is 0. The Balaban J connectivity index is 0.000000119. The number of hydrogen-bond donors (Lipinski definition) is 0. The molecule has 0 fully saturated rings. The molecule has 0 aliphatic rings. The first-order valence-corrected chi connectivity index (χ1v) is 50.2. The van der Waals surface area contributed by atoms with Crippen LogP contribution >= 0.6 is 0 Å². The SMILES string of the molecule is CCc1nc2ccccc2nc1-c1ccc(N(c2ccccc2)c2ccccc2)cc1.Cc1nc2ccccc2nc1-c1ccc(N(c2ccccc2)c2ccccc2)cc1.c1ccc(-c2ccc(N(c3ccc(-c4nc5ccccc5nc4-c4ccccc4)cc3)c3ccc(-c4ccccc4)c(-c4ccccc4)c3)cc2-c2ccccc2)cc1.c1ccc(N(c2ccccc2)c2ccc(-c3cnc4ccccc4n3)cc2)cc1. The summed E-state index contributed by atoms with van der Waals surface area (Å²) in [7, 11) is 0. The van der Waals surface area contributed by atoms with Crippen molar-refractivity contribution < 1.29 is 0 Å². The second kappa shape index (κ2) is 44.8. The predicted molar refractivity (Wildman–Crippen MR) is 620 cm³/mol. The molecule has 710 valence electrons. The minimum Gasteiger partial charge on any atom is -0.311 e. The van der Waals surface area contributed by atoms with Gasteiger partial charge in [0.25, 0.3) is 0 Å². The normalized spacial score (nSPS) is 10.9. The summed E-state index contributed by atoms with van der Waals surface area (Å²) in [6, 6.07) is 196. The van der Waals surface area contributed by atoms with Crippen molar-refractivity contribution in [3.8, 4) is 101 Å². The largest absolute Gasteiger partial charge is 0.311 e. The second-order valence-electron chi connectivity index (χ2n) is 36.0. The fourth-order valence-electron chi connectivity index (χ4n) is 19.1. The van der Waals surface area contributed by atoms with Gasteiger partial charge in [-0.1, -0.05) is 377 Å². The maximum Gasteiger partial charge on any atom is 0.0973 e. The van der Waals surface area contributed by atoms with Gasteiger partial charge in [0.15, 0.2) is 0 Å². The molecule has 4 aromatic heterocycles. The summed E-state index contributed by atoms with van der Waals surface area (Å²) in [4.78, 5) is 48.1. The molecule has 12 nitrogen and oxygen atoms in total. The summed E-state index contributed by atoms with van der Waals surface area (Å²) in [5.41, 5.74) is 41.5. The Kier molecular flexibility index (Phi) is 28.3. The lowest BCUT2D eigenvalue weighted by Crippen LogP contribution is -2.11. The van der Waals surface area contributed by atoms with E-state index in [1.165, 1.54) is 33.4 Å². The molecule has 0 aliphatic heterocycles. The Labute approximate surface area is 868 Å². The van der Waals surface area contributed by atoms with Crippen molar-refractivity contribution >= 4 is 112 Å². The third kappa shape index (κ3) is 21.3. The molecule has 0 unspecified atom stereocenters. The number of anilines is 12. The standard InChI is InChI=1S/C56H39N3.C28H23N3.C27H21N3.C26H19N3/c1-6-18-40(19-7-1)49-36-34-47(38-51(49)42-22-10-3-11-23-42)59(48-35-37-50(41-20-8-2-9-21-41)52(39-48)43-24-12-4-13-25-43)46-32-30-45(31-33-46)56-55(44-26-14-5-15-27-44)57-53-28-16-17-29-54(53)58-56;1-2-25-28(30-27-16-10-9-15-26(27)29-25)21-17-19-24(20-18-21)31(22-11-5-3-6-12-22)23-13-7-4-8-14-23;1-20-27(29-26-15-9-8-14-25(26)28-20)21-16-18-24(19-17-21)30(22-10-4-2-5-11-22)23-12-6-3-7-13-23;1-3-9-21(10-4-1)29(22-11-5-2-6-12-22)23-17-15-20(16-18-23)26-19-27-24-13-7-8-14-25(24)28-26/h1-39H;3-20H,2H2,1H3;2-19H,1H3;1-19H. The summed E-state index contributed by atoms with van der Waals surface area (Å²) in [6.45, 7) is 4.14. The van der Waals surface area contributed by atoms with E-state index in [1.54, 1.807) is 0 Å². The molecule has 149 heavy (non-hydrogen) atoms. The highest BCUT2D eigenvalue weighted by Crippen LogP contribution is 2.47. The van der Waals surface area contributed by atoms with Crippen LogP contribution in [0.15, 0.2) is 570 Å². The minimum atomic E-state index is 0.842. The van der Waals surface area contributed by atoms with Crippen LogP contribution in [0.1, 0.15) is 18.3 Å². The smallest absolute Gasteiger partial charge is 0.0973 e. The van der Waals surface area contributed by atoms with E-state index in [1.807, 2.05) is 153 Å². The molecule has 0 bridgehead atoms. The van der Waals surface area contributed by atoms with Crippen LogP contribution in [-0.2, 0) is 6.42 Å². The van der Waals surface area contributed by atoms with E-state index in [0.29, 0.717) is 0 Å². The zero-order chi connectivity index (χ0) is 100. The van der Waals surface area contributed by atoms with Crippen LogP contribution in [0.2, 0.25) is 0 Å². The van der Waals surface area contributed by atoms with Gasteiger partial charge >= 0.3 is 0 Å². The van der Waals surface area contributed by atoms with Crippen LogP contribution in [0, 0.1) is 6.92 Å². The first kappa shape index (κ1) is 94.1. The number of fused-ring (bicyclic) bond motifs is 4. The van der Waals surface area contributed by atoms with Gasteiger partial charge in [-0.15, -0.1) is 0 Å². The van der Waals surface area contributed by atoms with Gasteiger partial charge < -0.3 is 19.6 Å². The van der Waals surface area contributed by atoms with Gasteiger partial charge in [0.05, 0.1) is 90.2 Å². The van der Waals surface area contributed by atoms with E-state index >= 15 is 0 Å². The highest BCUT2D eigenvalue weighted by atomic mass is 15.2. The van der Waals surface area contributed by atoms with Crippen LogP contribution in [0.4, 0.5) is 68.2 Å². The zero-order valence-corrected chi connectivity index (χ0v) is 82.3. The van der Waals surface area contributed by atoms with Gasteiger partial charge in [-0.2, -0.15) is 0 Å². The minimum absolute atomic E-state index is 0.842. The maximum absolute atomic E-state index is 5.20. The van der Waals surface area contributed by atoms with E-state index < -0.39 is 0 Å². The van der Waals surface area contributed by atoms with Crippen LogP contribution in [-0.4, -0.2) is 39.9 Å². The Morgan fingerprint density at radius 3 is 0.698 bits per heavy atom. The molecule has 25 rings (SSSR count). The summed E-state index contributed by atoms with van der Waals surface area (Å²) in [5, 5.41) is 0. The number of aromatic nitrogens is 8. The molecular formula is C137H102N12. The Morgan fingerprint density at radius 1 is 0.161 bits per heavy atom. The summed E-state index contributed by atoms with van der Waals surface area (Å²) in [6.07, 6.45) is 2.68. The second-order valence-corrected chi connectivity index (χ2v) is 36.0. The lowest BCUT2D eigenvalue weighted by molar-refractivity contribution is 1.04. The van der Waals surface area contributed by atoms with E-state index in [-0.39, 0.29) is 0 Å². The quantitative estimate of drug-likeness (QED) is 0.0643. The molecule has 0 saturated carbocycles. The number of rotatable bonds is 22. The van der Waals surface area contributed by atoms with Gasteiger partial charge in [-0.3, -0.25) is 4.98 Å². The average Bonchev–Trinajstić information content (AvgIpc) is 0.760.